The van der Waals surface area contributed by atoms with Crippen molar-refractivity contribution in [2.24, 2.45) is 5.73 Å². The monoisotopic (exact) mass is 302 g/mol. The van der Waals surface area contributed by atoms with Crippen LogP contribution in [0.2, 0.25) is 0 Å². The van der Waals surface area contributed by atoms with Crippen LogP contribution in [0.25, 0.3) is 0 Å². The SMILES string of the molecule is CCCCC(CN)NC(=O)c1ccc(SC(F)F)cc1. The van der Waals surface area contributed by atoms with Gasteiger partial charge in [0.2, 0.25) is 0 Å². The van der Waals surface area contributed by atoms with Crippen LogP contribution in [0.15, 0.2) is 29.2 Å². The molecule has 1 rings (SSSR count). The summed E-state index contributed by atoms with van der Waals surface area (Å²) in [6.45, 7) is 2.47. The fourth-order valence-electron chi connectivity index (χ4n) is 1.76. The van der Waals surface area contributed by atoms with Crippen LogP contribution in [0.1, 0.15) is 36.5 Å². The highest BCUT2D eigenvalue weighted by molar-refractivity contribution is 7.99. The van der Waals surface area contributed by atoms with E-state index in [0.29, 0.717) is 28.8 Å². The minimum Gasteiger partial charge on any atom is -0.348 e. The van der Waals surface area contributed by atoms with E-state index in [1.54, 1.807) is 12.1 Å². The zero-order valence-electron chi connectivity index (χ0n) is 11.4. The van der Waals surface area contributed by atoms with Crippen LogP contribution in [0.4, 0.5) is 8.78 Å². The number of carbonyl (C=O) groups excluding carboxylic acids is 1. The van der Waals surface area contributed by atoms with Crippen LogP contribution in [-0.4, -0.2) is 24.3 Å². The quantitative estimate of drug-likeness (QED) is 0.725. The number of thioether (sulfide) groups is 1. The molecule has 20 heavy (non-hydrogen) atoms. The van der Waals surface area contributed by atoms with E-state index in [4.69, 9.17) is 5.73 Å². The Morgan fingerprint density at radius 2 is 2.00 bits per heavy atom. The van der Waals surface area contributed by atoms with E-state index in [9.17, 15) is 13.6 Å². The van der Waals surface area contributed by atoms with Crippen LogP contribution in [0, 0.1) is 0 Å². The Bertz CT molecular complexity index is 412. The first-order valence-electron chi connectivity index (χ1n) is 6.62. The fourth-order valence-corrected chi connectivity index (χ4v) is 2.25. The summed E-state index contributed by atoms with van der Waals surface area (Å²) in [6.07, 6.45) is 2.90. The molecule has 6 heteroatoms. The van der Waals surface area contributed by atoms with Gasteiger partial charge in [0.15, 0.2) is 0 Å². The van der Waals surface area contributed by atoms with Gasteiger partial charge in [-0.1, -0.05) is 31.5 Å². The summed E-state index contributed by atoms with van der Waals surface area (Å²) < 4.78 is 24.4. The number of carbonyl (C=O) groups is 1. The predicted molar refractivity (Wildman–Crippen MR) is 78.1 cm³/mol. The van der Waals surface area contributed by atoms with Gasteiger partial charge >= 0.3 is 0 Å². The molecule has 0 saturated carbocycles. The number of hydrogen-bond acceptors (Lipinski definition) is 3. The first-order valence-corrected chi connectivity index (χ1v) is 7.50. The number of nitrogens with two attached hydrogens (primary N) is 1. The molecular formula is C14H20F2N2OS. The molecule has 0 aliphatic heterocycles. The van der Waals surface area contributed by atoms with Crippen molar-refractivity contribution in [1.82, 2.24) is 5.32 Å². The van der Waals surface area contributed by atoms with Crippen molar-refractivity contribution in [2.45, 2.75) is 42.9 Å². The lowest BCUT2D eigenvalue weighted by atomic mass is 10.1. The number of alkyl halides is 2. The van der Waals surface area contributed by atoms with Crippen LogP contribution in [-0.2, 0) is 0 Å². The molecule has 0 heterocycles. The molecule has 1 aromatic carbocycles. The molecule has 0 spiro atoms. The minimum absolute atomic E-state index is 0.0439. The minimum atomic E-state index is -2.45. The summed E-state index contributed by atoms with van der Waals surface area (Å²) in [5, 5.41) is 2.86. The summed E-state index contributed by atoms with van der Waals surface area (Å²) >= 11 is 0.463. The molecule has 0 radical (unpaired) electrons. The van der Waals surface area contributed by atoms with E-state index in [0.717, 1.165) is 19.3 Å². The molecule has 112 valence electrons. The first kappa shape index (κ1) is 16.9. The molecule has 0 fully saturated rings. The van der Waals surface area contributed by atoms with Gasteiger partial charge in [0.25, 0.3) is 11.7 Å². The van der Waals surface area contributed by atoms with Gasteiger partial charge in [0, 0.05) is 23.0 Å². The number of unbranched alkanes of at least 4 members (excludes halogenated alkanes) is 1. The number of hydrogen-bond donors (Lipinski definition) is 2. The smallest absolute Gasteiger partial charge is 0.288 e. The molecule has 0 aliphatic rings. The molecule has 1 amide bonds. The molecule has 0 saturated heterocycles. The van der Waals surface area contributed by atoms with Gasteiger partial charge in [-0.2, -0.15) is 8.78 Å². The van der Waals surface area contributed by atoms with Gasteiger partial charge in [-0.15, -0.1) is 0 Å². The van der Waals surface area contributed by atoms with Gasteiger partial charge in [-0.3, -0.25) is 4.79 Å². The maximum atomic E-state index is 12.2. The first-order chi connectivity index (χ1) is 9.56. The second kappa shape index (κ2) is 8.92. The molecule has 1 unspecified atom stereocenters. The Morgan fingerprint density at radius 1 is 1.35 bits per heavy atom. The third-order valence-electron chi connectivity index (χ3n) is 2.87. The fraction of sp³-hybridized carbons (Fsp3) is 0.500. The number of halogens is 2. The second-order valence-electron chi connectivity index (χ2n) is 4.45. The average molecular weight is 302 g/mol. The lowest BCUT2D eigenvalue weighted by molar-refractivity contribution is 0.0935. The van der Waals surface area contributed by atoms with Gasteiger partial charge in [0.05, 0.1) is 0 Å². The lowest BCUT2D eigenvalue weighted by Gasteiger charge is -2.16. The summed E-state index contributed by atoms with van der Waals surface area (Å²) in [6, 6.07) is 6.10. The normalized spacial score (nSPS) is 12.4. The van der Waals surface area contributed by atoms with Crippen molar-refractivity contribution in [3.8, 4) is 0 Å². The molecule has 3 N–H and O–H groups in total. The van der Waals surface area contributed by atoms with Crippen molar-refractivity contribution in [3.05, 3.63) is 29.8 Å². The highest BCUT2D eigenvalue weighted by atomic mass is 32.2. The third kappa shape index (κ3) is 5.88. The third-order valence-corrected chi connectivity index (χ3v) is 3.59. The number of nitrogens with one attached hydrogen (secondary N) is 1. The van der Waals surface area contributed by atoms with E-state index >= 15 is 0 Å². The largest absolute Gasteiger partial charge is 0.348 e. The molecule has 0 bridgehead atoms. The molecular weight excluding hydrogens is 282 g/mol. The van der Waals surface area contributed by atoms with E-state index in [1.807, 2.05) is 0 Å². The molecule has 0 aromatic heterocycles. The van der Waals surface area contributed by atoms with Gasteiger partial charge in [-0.05, 0) is 30.7 Å². The van der Waals surface area contributed by atoms with Crippen LogP contribution in [0.5, 0.6) is 0 Å². The molecule has 1 atom stereocenters. The average Bonchev–Trinajstić information content (AvgIpc) is 2.43. The lowest BCUT2D eigenvalue weighted by Crippen LogP contribution is -2.40. The van der Waals surface area contributed by atoms with Gasteiger partial charge < -0.3 is 11.1 Å². The maximum absolute atomic E-state index is 12.2. The van der Waals surface area contributed by atoms with Crippen LogP contribution in [0.3, 0.4) is 0 Å². The van der Waals surface area contributed by atoms with Gasteiger partial charge in [0.1, 0.15) is 0 Å². The van der Waals surface area contributed by atoms with Crippen LogP contribution < -0.4 is 11.1 Å². The maximum Gasteiger partial charge on any atom is 0.288 e. The standard InChI is InChI=1S/C14H20F2N2OS/c1-2-3-4-11(9-17)18-13(19)10-5-7-12(8-6-10)20-14(15)16/h5-8,11,14H,2-4,9,17H2,1H3,(H,18,19). The Hall–Kier alpha value is -1.14. The van der Waals surface area contributed by atoms with Crippen molar-refractivity contribution < 1.29 is 13.6 Å². The van der Waals surface area contributed by atoms with Crippen molar-refractivity contribution in [3.63, 3.8) is 0 Å². The number of rotatable bonds is 8. The molecule has 1 aromatic rings. The van der Waals surface area contributed by atoms with Crippen molar-refractivity contribution >= 4 is 17.7 Å². The molecule has 3 nitrogen and oxygen atoms in total. The summed E-state index contributed by atoms with van der Waals surface area (Å²) in [5.41, 5.74) is 6.07. The Morgan fingerprint density at radius 3 is 2.50 bits per heavy atom. The zero-order chi connectivity index (χ0) is 15.0. The zero-order valence-corrected chi connectivity index (χ0v) is 12.3. The Balaban J connectivity index is 2.58. The molecule has 0 aliphatic carbocycles. The highest BCUT2D eigenvalue weighted by Gasteiger charge is 2.12. The van der Waals surface area contributed by atoms with E-state index in [1.165, 1.54) is 12.1 Å². The Kier molecular flexibility index (Phi) is 7.54. The van der Waals surface area contributed by atoms with Crippen molar-refractivity contribution in [2.75, 3.05) is 6.54 Å². The highest BCUT2D eigenvalue weighted by Crippen LogP contribution is 2.25. The Labute approximate surface area is 122 Å². The van der Waals surface area contributed by atoms with Crippen molar-refractivity contribution in [1.29, 1.82) is 0 Å². The number of benzene rings is 1. The summed E-state index contributed by atoms with van der Waals surface area (Å²) in [5.74, 6) is -2.67. The van der Waals surface area contributed by atoms with Crippen LogP contribution >= 0.6 is 11.8 Å². The summed E-state index contributed by atoms with van der Waals surface area (Å²) in [7, 11) is 0. The summed E-state index contributed by atoms with van der Waals surface area (Å²) in [4.78, 5) is 12.4. The van der Waals surface area contributed by atoms with E-state index < -0.39 is 5.76 Å². The second-order valence-corrected chi connectivity index (χ2v) is 5.51. The topological polar surface area (TPSA) is 55.1 Å². The van der Waals surface area contributed by atoms with E-state index in [2.05, 4.69) is 12.2 Å². The number of amides is 1. The van der Waals surface area contributed by atoms with E-state index in [-0.39, 0.29) is 11.9 Å². The predicted octanol–water partition coefficient (Wildman–Crippen LogP) is 3.25. The van der Waals surface area contributed by atoms with Gasteiger partial charge in [-0.25, -0.2) is 0 Å².